The second-order valence-corrected chi connectivity index (χ2v) is 17.2. The van der Waals surface area contributed by atoms with Gasteiger partial charge in [-0.1, -0.05) is 69.2 Å². The Morgan fingerprint density at radius 1 is 0.566 bits per heavy atom. The van der Waals surface area contributed by atoms with Crippen molar-refractivity contribution in [2.24, 2.45) is 23.7 Å². The van der Waals surface area contributed by atoms with Crippen molar-refractivity contribution in [3.63, 3.8) is 0 Å². The zero-order chi connectivity index (χ0) is 37.9. The summed E-state index contributed by atoms with van der Waals surface area (Å²) < 4.78 is 0. The Kier molecular flexibility index (Phi) is 12.3. The highest BCUT2D eigenvalue weighted by Crippen LogP contribution is 2.41. The van der Waals surface area contributed by atoms with Gasteiger partial charge in [0.1, 0.15) is 11.2 Å². The molecule has 0 bridgehead atoms. The van der Waals surface area contributed by atoms with Gasteiger partial charge in [0.15, 0.2) is 11.6 Å². The Labute approximate surface area is 316 Å². The number of aliphatic hydroxyl groups is 2. The fraction of sp³-hybridized carbons (Fsp3) is 0.644. The molecule has 53 heavy (non-hydrogen) atoms. The predicted octanol–water partition coefficient (Wildman–Crippen LogP) is 7.48. The molecule has 2 aromatic carbocycles. The first-order valence-electron chi connectivity index (χ1n) is 20.6. The maximum Gasteiger partial charge on any atom is 0.229 e. The van der Waals surface area contributed by atoms with Crippen LogP contribution in [0.3, 0.4) is 0 Å². The number of likely N-dealkylation sites (tertiary alicyclic amines) is 2. The standard InChI is InChI=1S/C45H62N2O6/c1-30-14-16-36(28-32(30)3)40(48)44(52)22-7-5-12-38(44)42(50)46-24-18-34(19-25-46)10-9-11-35-20-26-47(27-21-35)43(51)39-13-6-8-23-45(39,53)41(49)37-17-15-31(2)33(4)29-37/h14-17,28-29,34-35,38-39,52-53H,5-13,18-27H2,1-4H3. The number of benzene rings is 2. The molecule has 6 rings (SSSR count). The van der Waals surface area contributed by atoms with Crippen LogP contribution in [0.1, 0.15) is 139 Å². The number of Topliss-reactive ketones (excluding diaryl/α,β-unsaturated/α-hetero) is 2. The molecule has 4 atom stereocenters. The Bertz CT molecular complexity index is 1550. The van der Waals surface area contributed by atoms with Crippen LogP contribution in [-0.4, -0.2) is 80.8 Å². The molecule has 2 aliphatic heterocycles. The van der Waals surface area contributed by atoms with Crippen LogP contribution in [-0.2, 0) is 9.59 Å². The molecule has 2 aliphatic carbocycles. The maximum atomic E-state index is 13.8. The summed E-state index contributed by atoms with van der Waals surface area (Å²) in [4.78, 5) is 58.8. The molecule has 0 spiro atoms. The highest BCUT2D eigenvalue weighted by atomic mass is 16.3. The Balaban J connectivity index is 0.947. The fourth-order valence-corrected chi connectivity index (χ4v) is 9.80. The second-order valence-electron chi connectivity index (χ2n) is 17.2. The minimum atomic E-state index is -1.65. The average Bonchev–Trinajstić information content (AvgIpc) is 3.17. The lowest BCUT2D eigenvalue weighted by molar-refractivity contribution is -0.147. The van der Waals surface area contributed by atoms with Crippen molar-refractivity contribution >= 4 is 23.4 Å². The zero-order valence-electron chi connectivity index (χ0n) is 32.6. The van der Waals surface area contributed by atoms with Crippen LogP contribution < -0.4 is 0 Å². The van der Waals surface area contributed by atoms with Crippen molar-refractivity contribution in [2.75, 3.05) is 26.2 Å². The van der Waals surface area contributed by atoms with Crippen molar-refractivity contribution in [1.82, 2.24) is 9.80 Å². The van der Waals surface area contributed by atoms with E-state index in [1.807, 2.05) is 61.8 Å². The molecule has 2 aromatic rings. The summed E-state index contributed by atoms with van der Waals surface area (Å²) >= 11 is 0. The van der Waals surface area contributed by atoms with Gasteiger partial charge in [0, 0.05) is 37.3 Å². The third-order valence-corrected chi connectivity index (χ3v) is 13.8. The minimum absolute atomic E-state index is 0.0644. The monoisotopic (exact) mass is 726 g/mol. The summed E-state index contributed by atoms with van der Waals surface area (Å²) in [6.07, 6.45) is 12.1. The van der Waals surface area contributed by atoms with E-state index in [2.05, 4.69) is 0 Å². The Morgan fingerprint density at radius 3 is 1.30 bits per heavy atom. The molecule has 0 aromatic heterocycles. The second kappa shape index (κ2) is 16.6. The Morgan fingerprint density at radius 2 is 0.943 bits per heavy atom. The van der Waals surface area contributed by atoms with Gasteiger partial charge in [-0.3, -0.25) is 19.2 Å². The number of hydrogen-bond donors (Lipinski definition) is 2. The average molecular weight is 727 g/mol. The van der Waals surface area contributed by atoms with Crippen molar-refractivity contribution in [2.45, 2.75) is 135 Å². The zero-order valence-corrected chi connectivity index (χ0v) is 32.6. The molecule has 2 amide bonds. The van der Waals surface area contributed by atoms with Crippen LogP contribution in [0.15, 0.2) is 36.4 Å². The van der Waals surface area contributed by atoms with Gasteiger partial charge in [0.25, 0.3) is 0 Å². The highest BCUT2D eigenvalue weighted by molar-refractivity contribution is 6.06. The quantitative estimate of drug-likeness (QED) is 0.246. The van der Waals surface area contributed by atoms with Crippen molar-refractivity contribution in [3.8, 4) is 0 Å². The van der Waals surface area contributed by atoms with Crippen molar-refractivity contribution in [1.29, 1.82) is 0 Å². The van der Waals surface area contributed by atoms with Gasteiger partial charge in [0.05, 0.1) is 11.8 Å². The van der Waals surface area contributed by atoms with Gasteiger partial charge < -0.3 is 20.0 Å². The van der Waals surface area contributed by atoms with Crippen LogP contribution in [0, 0.1) is 51.4 Å². The molecule has 2 N–H and O–H groups in total. The number of carbonyl (C=O) groups is 4. The number of amides is 2. The van der Waals surface area contributed by atoms with E-state index in [9.17, 15) is 29.4 Å². The number of nitrogens with zero attached hydrogens (tertiary/aromatic N) is 2. The molecule has 4 fully saturated rings. The van der Waals surface area contributed by atoms with E-state index in [1.165, 1.54) is 0 Å². The SMILES string of the molecule is Cc1ccc(C(=O)C2(O)CCCCC2C(=O)N2CCC(CCCC3CCN(C(=O)C4CCCCC4(O)C(=O)c4ccc(C)c(C)c4)CC3)CC2)cc1C. The third kappa shape index (κ3) is 8.34. The van der Waals surface area contributed by atoms with Gasteiger partial charge in [0.2, 0.25) is 11.8 Å². The van der Waals surface area contributed by atoms with Crippen LogP contribution in [0.2, 0.25) is 0 Å². The first-order chi connectivity index (χ1) is 25.3. The first kappa shape index (κ1) is 39.3. The largest absolute Gasteiger partial charge is 0.381 e. The molecule has 4 unspecified atom stereocenters. The number of piperidine rings is 2. The Hall–Kier alpha value is -3.36. The lowest BCUT2D eigenvalue weighted by atomic mass is 9.70. The smallest absolute Gasteiger partial charge is 0.229 e. The topological polar surface area (TPSA) is 115 Å². The van der Waals surface area contributed by atoms with Crippen LogP contribution in [0.4, 0.5) is 0 Å². The molecular weight excluding hydrogens is 665 g/mol. The summed E-state index contributed by atoms with van der Waals surface area (Å²) in [6.45, 7) is 10.6. The van der Waals surface area contributed by atoms with Crippen LogP contribution in [0.25, 0.3) is 0 Å². The van der Waals surface area contributed by atoms with Gasteiger partial charge in [-0.2, -0.15) is 0 Å². The maximum absolute atomic E-state index is 13.8. The van der Waals surface area contributed by atoms with Crippen LogP contribution in [0.5, 0.6) is 0 Å². The van der Waals surface area contributed by atoms with E-state index in [0.717, 1.165) is 92.9 Å². The highest BCUT2D eigenvalue weighted by Gasteiger charge is 2.51. The van der Waals surface area contributed by atoms with E-state index in [4.69, 9.17) is 0 Å². The molecule has 2 saturated heterocycles. The summed E-state index contributed by atoms with van der Waals surface area (Å²) in [5.74, 6) is -1.03. The molecule has 288 valence electrons. The van der Waals surface area contributed by atoms with E-state index >= 15 is 0 Å². The number of carbonyl (C=O) groups excluding carboxylic acids is 4. The van der Waals surface area contributed by atoms with Gasteiger partial charge in [-0.25, -0.2) is 0 Å². The molecule has 2 saturated carbocycles. The first-order valence-corrected chi connectivity index (χ1v) is 20.6. The minimum Gasteiger partial charge on any atom is -0.381 e. The van der Waals surface area contributed by atoms with Gasteiger partial charge >= 0.3 is 0 Å². The number of aryl methyl sites for hydroxylation is 4. The molecule has 2 heterocycles. The van der Waals surface area contributed by atoms with Crippen molar-refractivity contribution < 1.29 is 29.4 Å². The number of ketones is 2. The van der Waals surface area contributed by atoms with Crippen LogP contribution >= 0.6 is 0 Å². The fourth-order valence-electron chi connectivity index (χ4n) is 9.80. The lowest BCUT2D eigenvalue weighted by Gasteiger charge is -2.42. The summed E-state index contributed by atoms with van der Waals surface area (Å²) in [7, 11) is 0. The normalized spacial score (nSPS) is 27.4. The van der Waals surface area contributed by atoms with E-state index in [0.29, 0.717) is 74.8 Å². The predicted molar refractivity (Wildman–Crippen MR) is 207 cm³/mol. The molecule has 8 nitrogen and oxygen atoms in total. The summed E-state index contributed by atoms with van der Waals surface area (Å²) in [5, 5.41) is 23.6. The van der Waals surface area contributed by atoms with Crippen molar-refractivity contribution in [3.05, 3.63) is 69.8 Å². The molecule has 4 aliphatic rings. The molecule has 0 radical (unpaired) electrons. The van der Waals surface area contributed by atoms with Gasteiger partial charge in [-0.05, 0) is 125 Å². The number of hydrogen-bond acceptors (Lipinski definition) is 6. The summed E-state index contributed by atoms with van der Waals surface area (Å²) in [5.41, 5.74) is 1.89. The third-order valence-electron chi connectivity index (χ3n) is 13.8. The summed E-state index contributed by atoms with van der Waals surface area (Å²) in [6, 6.07) is 11.1. The van der Waals surface area contributed by atoms with Gasteiger partial charge in [-0.15, -0.1) is 0 Å². The molecule has 8 heteroatoms. The van der Waals surface area contributed by atoms with E-state index in [-0.39, 0.29) is 23.4 Å². The molecular formula is C45H62N2O6. The van der Waals surface area contributed by atoms with E-state index in [1.54, 1.807) is 12.1 Å². The number of rotatable bonds is 10. The van der Waals surface area contributed by atoms with E-state index < -0.39 is 23.0 Å². The lowest BCUT2D eigenvalue weighted by Crippen LogP contribution is -2.55.